The summed E-state index contributed by atoms with van der Waals surface area (Å²) in [5.74, 6) is 0. The molecule has 17 heavy (non-hydrogen) atoms. The maximum Gasteiger partial charge on any atom is 0.0428 e. The lowest BCUT2D eigenvalue weighted by molar-refractivity contribution is 0.629. The average Bonchev–Trinajstić information content (AvgIpc) is 2.43. The fraction of sp³-hybridized carbons (Fsp3) is 0.600. The smallest absolute Gasteiger partial charge is 0.0428 e. The summed E-state index contributed by atoms with van der Waals surface area (Å²) in [7, 11) is 0. The van der Waals surface area contributed by atoms with Crippen LogP contribution in [0.4, 0.5) is 5.69 Å². The van der Waals surface area contributed by atoms with Crippen LogP contribution in [-0.4, -0.2) is 25.7 Å². The average molecular weight is 232 g/mol. The van der Waals surface area contributed by atoms with Crippen molar-refractivity contribution in [3.05, 3.63) is 28.8 Å². The molecule has 1 aliphatic heterocycles. The number of benzene rings is 1. The van der Waals surface area contributed by atoms with E-state index < -0.39 is 0 Å². The van der Waals surface area contributed by atoms with E-state index in [1.54, 1.807) is 0 Å². The van der Waals surface area contributed by atoms with Crippen LogP contribution in [0, 0.1) is 20.8 Å². The second kappa shape index (κ2) is 5.09. The molecule has 1 aromatic rings. The molecule has 2 nitrogen and oxygen atoms in total. The summed E-state index contributed by atoms with van der Waals surface area (Å²) >= 11 is 0. The van der Waals surface area contributed by atoms with Crippen LogP contribution in [0.15, 0.2) is 12.1 Å². The molecule has 0 aliphatic carbocycles. The Balaban J connectivity index is 2.37. The second-order valence-corrected chi connectivity index (χ2v) is 5.33. The molecule has 2 rings (SSSR count). The molecule has 0 bridgehead atoms. The van der Waals surface area contributed by atoms with Crippen molar-refractivity contribution in [2.45, 2.75) is 40.2 Å². The van der Waals surface area contributed by atoms with Gasteiger partial charge in [-0.25, -0.2) is 0 Å². The number of hydrogen-bond acceptors (Lipinski definition) is 2. The molecule has 1 atom stereocenters. The Hall–Kier alpha value is -1.02. The standard InChI is InChI=1S/C15H24N2/c1-11-9-12(2)15(13(3)10-11)17-8-7-16-6-5-14(17)4/h9-10,14,16H,5-8H2,1-4H3. The maximum absolute atomic E-state index is 3.49. The molecule has 1 heterocycles. The van der Waals surface area contributed by atoms with Gasteiger partial charge in [-0.15, -0.1) is 0 Å². The summed E-state index contributed by atoms with van der Waals surface area (Å²) in [5, 5.41) is 3.49. The molecule has 94 valence electrons. The van der Waals surface area contributed by atoms with Crippen molar-refractivity contribution < 1.29 is 0 Å². The van der Waals surface area contributed by atoms with Gasteiger partial charge in [0.15, 0.2) is 0 Å². The van der Waals surface area contributed by atoms with Gasteiger partial charge in [-0.2, -0.15) is 0 Å². The molecule has 1 fully saturated rings. The molecule has 0 radical (unpaired) electrons. The fourth-order valence-electron chi connectivity index (χ4n) is 2.97. The predicted octanol–water partition coefficient (Wildman–Crippen LogP) is 2.80. The van der Waals surface area contributed by atoms with Gasteiger partial charge in [0.2, 0.25) is 0 Å². The lowest BCUT2D eigenvalue weighted by atomic mass is 10.0. The zero-order valence-electron chi connectivity index (χ0n) is 11.5. The molecule has 0 aromatic heterocycles. The Bertz CT molecular complexity index is 375. The van der Waals surface area contributed by atoms with Crippen LogP contribution in [-0.2, 0) is 0 Å². The van der Waals surface area contributed by atoms with E-state index in [-0.39, 0.29) is 0 Å². The molecule has 1 aliphatic rings. The van der Waals surface area contributed by atoms with Crippen molar-refractivity contribution in [2.75, 3.05) is 24.5 Å². The highest BCUT2D eigenvalue weighted by Crippen LogP contribution is 2.28. The topological polar surface area (TPSA) is 15.3 Å². The number of nitrogens with one attached hydrogen (secondary N) is 1. The summed E-state index contributed by atoms with van der Waals surface area (Å²) in [6, 6.07) is 5.23. The van der Waals surface area contributed by atoms with E-state index in [9.17, 15) is 0 Å². The van der Waals surface area contributed by atoms with Gasteiger partial charge in [0.25, 0.3) is 0 Å². The molecule has 0 spiro atoms. The molecule has 0 amide bonds. The minimum absolute atomic E-state index is 0.630. The summed E-state index contributed by atoms with van der Waals surface area (Å²) in [6.07, 6.45) is 1.23. The van der Waals surface area contributed by atoms with E-state index in [1.165, 1.54) is 28.8 Å². The number of anilines is 1. The van der Waals surface area contributed by atoms with Crippen LogP contribution in [0.2, 0.25) is 0 Å². The first kappa shape index (κ1) is 12.4. The van der Waals surface area contributed by atoms with Gasteiger partial charge >= 0.3 is 0 Å². The molecular weight excluding hydrogens is 208 g/mol. The SMILES string of the molecule is Cc1cc(C)c(N2CCNCCC2C)c(C)c1. The minimum Gasteiger partial charge on any atom is -0.367 e. The van der Waals surface area contributed by atoms with Crippen molar-refractivity contribution in [3.63, 3.8) is 0 Å². The third-order valence-electron chi connectivity index (χ3n) is 3.72. The number of aryl methyl sites for hydroxylation is 3. The van der Waals surface area contributed by atoms with Gasteiger partial charge in [-0.05, 0) is 51.8 Å². The first-order valence-electron chi connectivity index (χ1n) is 6.65. The van der Waals surface area contributed by atoms with E-state index in [1.807, 2.05) is 0 Å². The van der Waals surface area contributed by atoms with Gasteiger partial charge < -0.3 is 10.2 Å². The van der Waals surface area contributed by atoms with Crippen LogP contribution in [0.5, 0.6) is 0 Å². The summed E-state index contributed by atoms with van der Waals surface area (Å²) in [4.78, 5) is 2.57. The first-order valence-corrected chi connectivity index (χ1v) is 6.65. The van der Waals surface area contributed by atoms with Crippen molar-refractivity contribution in [1.82, 2.24) is 5.32 Å². The van der Waals surface area contributed by atoms with Gasteiger partial charge in [0.05, 0.1) is 0 Å². The fourth-order valence-corrected chi connectivity index (χ4v) is 2.97. The molecule has 0 saturated carbocycles. The van der Waals surface area contributed by atoms with Crippen molar-refractivity contribution >= 4 is 5.69 Å². The lowest BCUT2D eigenvalue weighted by Gasteiger charge is -2.32. The Morgan fingerprint density at radius 3 is 2.41 bits per heavy atom. The summed E-state index contributed by atoms with van der Waals surface area (Å²) < 4.78 is 0. The largest absolute Gasteiger partial charge is 0.367 e. The predicted molar refractivity (Wildman–Crippen MR) is 74.9 cm³/mol. The van der Waals surface area contributed by atoms with Gasteiger partial charge in [-0.1, -0.05) is 17.7 Å². The quantitative estimate of drug-likeness (QED) is 0.801. The molecule has 2 heteroatoms. The summed E-state index contributed by atoms with van der Waals surface area (Å²) in [6.45, 7) is 12.3. The summed E-state index contributed by atoms with van der Waals surface area (Å²) in [5.41, 5.74) is 5.64. The molecule has 1 saturated heterocycles. The third-order valence-corrected chi connectivity index (χ3v) is 3.72. The maximum atomic E-state index is 3.49. The van der Waals surface area contributed by atoms with E-state index in [2.05, 4.69) is 50.0 Å². The van der Waals surface area contributed by atoms with Crippen molar-refractivity contribution in [3.8, 4) is 0 Å². The van der Waals surface area contributed by atoms with Crippen molar-refractivity contribution in [2.24, 2.45) is 0 Å². The van der Waals surface area contributed by atoms with Crippen LogP contribution < -0.4 is 10.2 Å². The van der Waals surface area contributed by atoms with Gasteiger partial charge in [0, 0.05) is 24.8 Å². The van der Waals surface area contributed by atoms with E-state index in [4.69, 9.17) is 0 Å². The highest BCUT2D eigenvalue weighted by Gasteiger charge is 2.20. The Morgan fingerprint density at radius 1 is 1.12 bits per heavy atom. The number of nitrogens with zero attached hydrogens (tertiary/aromatic N) is 1. The van der Waals surface area contributed by atoms with Gasteiger partial charge in [-0.3, -0.25) is 0 Å². The Labute approximate surface area is 105 Å². The Kier molecular flexibility index (Phi) is 3.72. The molecule has 1 unspecified atom stereocenters. The van der Waals surface area contributed by atoms with Crippen molar-refractivity contribution in [1.29, 1.82) is 0 Å². The van der Waals surface area contributed by atoms with E-state index in [0.717, 1.165) is 19.6 Å². The highest BCUT2D eigenvalue weighted by atomic mass is 15.2. The molecule has 1 aromatic carbocycles. The first-order chi connectivity index (χ1) is 8.09. The Morgan fingerprint density at radius 2 is 1.76 bits per heavy atom. The van der Waals surface area contributed by atoms with E-state index in [0.29, 0.717) is 6.04 Å². The highest BCUT2D eigenvalue weighted by molar-refractivity contribution is 5.61. The minimum atomic E-state index is 0.630. The monoisotopic (exact) mass is 232 g/mol. The normalized spacial score (nSPS) is 21.4. The molecule has 1 N–H and O–H groups in total. The number of rotatable bonds is 1. The van der Waals surface area contributed by atoms with Crippen LogP contribution in [0.25, 0.3) is 0 Å². The van der Waals surface area contributed by atoms with Gasteiger partial charge in [0.1, 0.15) is 0 Å². The lowest BCUT2D eigenvalue weighted by Crippen LogP contribution is -2.35. The molecular formula is C15H24N2. The third kappa shape index (κ3) is 2.63. The second-order valence-electron chi connectivity index (χ2n) is 5.33. The van der Waals surface area contributed by atoms with E-state index >= 15 is 0 Å². The number of hydrogen-bond donors (Lipinski definition) is 1. The van der Waals surface area contributed by atoms with Crippen LogP contribution >= 0.6 is 0 Å². The zero-order valence-corrected chi connectivity index (χ0v) is 11.5. The van der Waals surface area contributed by atoms with Crippen LogP contribution in [0.1, 0.15) is 30.0 Å². The zero-order chi connectivity index (χ0) is 12.4. The van der Waals surface area contributed by atoms with Crippen LogP contribution in [0.3, 0.4) is 0 Å².